The smallest absolute Gasteiger partial charge is 0.335 e. The maximum absolute atomic E-state index is 13.0. The maximum Gasteiger partial charge on any atom is 0.416 e. The normalized spacial score (nSPS) is 16.1. The Hall–Kier alpha value is -1.62. The van der Waals surface area contributed by atoms with Crippen molar-refractivity contribution in [3.8, 4) is 0 Å². The number of thiophene rings is 1. The third-order valence-corrected chi connectivity index (χ3v) is 8.70. The Kier molecular flexibility index (Phi) is 6.52. The minimum Gasteiger partial charge on any atom is -0.335 e. The van der Waals surface area contributed by atoms with E-state index in [0.29, 0.717) is 10.9 Å². The van der Waals surface area contributed by atoms with Gasteiger partial charge >= 0.3 is 6.18 Å². The molecule has 164 valence electrons. The van der Waals surface area contributed by atoms with E-state index >= 15 is 0 Å². The van der Waals surface area contributed by atoms with Crippen LogP contribution in [-0.4, -0.2) is 49.7 Å². The molecule has 0 spiro atoms. The number of benzene rings is 1. The zero-order chi connectivity index (χ0) is 22.3. The van der Waals surface area contributed by atoms with E-state index in [1.165, 1.54) is 11.3 Å². The minimum atomic E-state index is -4.68. The summed E-state index contributed by atoms with van der Waals surface area (Å²) < 4.78 is 65.8. The number of hydrogen-bond donors (Lipinski definition) is 0. The van der Waals surface area contributed by atoms with E-state index < -0.39 is 26.7 Å². The fourth-order valence-corrected chi connectivity index (χ4v) is 6.28. The van der Waals surface area contributed by atoms with Crippen molar-refractivity contribution in [2.24, 2.45) is 0 Å². The molecule has 5 nitrogen and oxygen atoms in total. The first-order valence-corrected chi connectivity index (χ1v) is 11.8. The molecule has 0 atom stereocenters. The monoisotopic (exact) mass is 480 g/mol. The van der Waals surface area contributed by atoms with Gasteiger partial charge in [0, 0.05) is 31.1 Å². The van der Waals surface area contributed by atoms with Crippen LogP contribution >= 0.6 is 22.9 Å². The van der Waals surface area contributed by atoms with E-state index in [2.05, 4.69) is 0 Å². The van der Waals surface area contributed by atoms with Crippen LogP contribution in [0.25, 0.3) is 0 Å². The lowest BCUT2D eigenvalue weighted by Gasteiger charge is -2.34. The number of hydrogen-bond acceptors (Lipinski definition) is 4. The van der Waals surface area contributed by atoms with Gasteiger partial charge in [-0.3, -0.25) is 4.79 Å². The molecular weight excluding hydrogens is 461 g/mol. The highest BCUT2D eigenvalue weighted by molar-refractivity contribution is 7.89. The lowest BCUT2D eigenvalue weighted by Crippen LogP contribution is -2.50. The molecule has 1 aliphatic heterocycles. The molecule has 0 N–H and O–H groups in total. The molecule has 0 saturated carbocycles. The average molecular weight is 481 g/mol. The summed E-state index contributed by atoms with van der Waals surface area (Å²) in [4.78, 5) is 15.4. The van der Waals surface area contributed by atoms with Crippen molar-refractivity contribution in [2.75, 3.05) is 26.2 Å². The molecule has 1 aromatic heterocycles. The van der Waals surface area contributed by atoms with E-state index in [9.17, 15) is 26.4 Å². The Morgan fingerprint density at radius 3 is 2.33 bits per heavy atom. The Morgan fingerprint density at radius 1 is 1.17 bits per heavy atom. The number of alkyl halides is 3. The summed E-state index contributed by atoms with van der Waals surface area (Å²) in [6, 6.07) is 4.06. The minimum absolute atomic E-state index is 0.0222. The molecule has 0 bridgehead atoms. The van der Waals surface area contributed by atoms with Gasteiger partial charge in [-0.2, -0.15) is 17.5 Å². The van der Waals surface area contributed by atoms with E-state index in [0.717, 1.165) is 33.3 Å². The van der Waals surface area contributed by atoms with Crippen LogP contribution in [0, 0.1) is 6.92 Å². The highest BCUT2D eigenvalue weighted by Gasteiger charge is 2.36. The molecule has 11 heteroatoms. The van der Waals surface area contributed by atoms with E-state index in [-0.39, 0.29) is 37.1 Å². The van der Waals surface area contributed by atoms with Crippen LogP contribution in [0.5, 0.6) is 0 Å². The number of rotatable bonds is 4. The molecule has 1 aliphatic rings. The third kappa shape index (κ3) is 4.51. The SMILES string of the molecule is CCc1sc(C(=O)N2CCN(S(=O)(=O)c3cc(C(F)(F)F)ccc3Cl)CC2)cc1C. The summed E-state index contributed by atoms with van der Waals surface area (Å²) in [6.45, 7) is 4.20. The largest absolute Gasteiger partial charge is 0.416 e. The molecule has 1 aromatic carbocycles. The molecule has 0 aliphatic carbocycles. The quantitative estimate of drug-likeness (QED) is 0.650. The summed E-state index contributed by atoms with van der Waals surface area (Å²) in [5.74, 6) is -0.169. The van der Waals surface area contributed by atoms with Gasteiger partial charge in [0.2, 0.25) is 10.0 Å². The number of piperazine rings is 1. The van der Waals surface area contributed by atoms with Crippen LogP contribution < -0.4 is 0 Å². The van der Waals surface area contributed by atoms with Crippen molar-refractivity contribution in [2.45, 2.75) is 31.3 Å². The topological polar surface area (TPSA) is 57.7 Å². The summed E-state index contributed by atoms with van der Waals surface area (Å²) in [5, 5.41) is -0.275. The summed E-state index contributed by atoms with van der Waals surface area (Å²) in [5.41, 5.74) is -0.0367. The van der Waals surface area contributed by atoms with Crippen LogP contribution in [0.15, 0.2) is 29.2 Å². The molecule has 0 radical (unpaired) electrons. The highest BCUT2D eigenvalue weighted by atomic mass is 35.5. The van der Waals surface area contributed by atoms with Crippen molar-refractivity contribution >= 4 is 38.9 Å². The number of amides is 1. The number of carbonyl (C=O) groups is 1. The lowest BCUT2D eigenvalue weighted by molar-refractivity contribution is -0.137. The predicted octanol–water partition coefficient (Wildman–Crippen LogP) is 4.44. The summed E-state index contributed by atoms with van der Waals surface area (Å²) in [7, 11) is -4.23. The van der Waals surface area contributed by atoms with Gasteiger partial charge in [-0.25, -0.2) is 8.42 Å². The molecule has 3 rings (SSSR count). The first-order valence-electron chi connectivity index (χ1n) is 9.20. The van der Waals surface area contributed by atoms with Gasteiger partial charge in [-0.15, -0.1) is 11.3 Å². The van der Waals surface area contributed by atoms with Gasteiger partial charge in [-0.1, -0.05) is 18.5 Å². The van der Waals surface area contributed by atoms with Crippen LogP contribution in [0.3, 0.4) is 0 Å². The second kappa shape index (κ2) is 8.49. The predicted molar refractivity (Wildman–Crippen MR) is 110 cm³/mol. The molecule has 1 saturated heterocycles. The van der Waals surface area contributed by atoms with Crippen molar-refractivity contribution in [3.05, 3.63) is 50.2 Å². The van der Waals surface area contributed by atoms with Gasteiger partial charge in [0.05, 0.1) is 15.5 Å². The van der Waals surface area contributed by atoms with E-state index in [1.54, 1.807) is 4.90 Å². The Balaban J connectivity index is 1.76. The third-order valence-electron chi connectivity index (χ3n) is 4.95. The average Bonchev–Trinajstić information content (AvgIpc) is 3.07. The zero-order valence-electron chi connectivity index (χ0n) is 16.3. The second-order valence-electron chi connectivity index (χ2n) is 6.91. The lowest BCUT2D eigenvalue weighted by atomic mass is 10.2. The van der Waals surface area contributed by atoms with Crippen LogP contribution in [-0.2, 0) is 22.6 Å². The number of aryl methyl sites for hydroxylation is 2. The summed E-state index contributed by atoms with van der Waals surface area (Å²) >= 11 is 7.33. The standard InChI is InChI=1S/C19H20ClF3N2O3S2/c1-3-15-12(2)10-16(29-15)18(26)24-6-8-25(9-7-24)30(27,28)17-11-13(19(21,22)23)4-5-14(17)20/h4-5,10-11H,3,6-9H2,1-2H3. The molecular formula is C19H20ClF3N2O3S2. The molecule has 2 heterocycles. The number of sulfonamides is 1. The van der Waals surface area contributed by atoms with Gasteiger partial charge in [-0.05, 0) is 43.2 Å². The first kappa shape index (κ1) is 23.1. The van der Waals surface area contributed by atoms with Crippen LogP contribution in [0.1, 0.15) is 32.6 Å². The fraction of sp³-hybridized carbons (Fsp3) is 0.421. The molecule has 1 amide bonds. The number of halogens is 4. The number of nitrogens with zero attached hydrogens (tertiary/aromatic N) is 2. The summed E-state index contributed by atoms with van der Waals surface area (Å²) in [6.07, 6.45) is -3.86. The Bertz CT molecular complexity index is 1060. The van der Waals surface area contributed by atoms with Crippen molar-refractivity contribution in [3.63, 3.8) is 0 Å². The highest BCUT2D eigenvalue weighted by Crippen LogP contribution is 2.34. The van der Waals surface area contributed by atoms with Gasteiger partial charge in [0.25, 0.3) is 5.91 Å². The Morgan fingerprint density at radius 2 is 1.80 bits per heavy atom. The van der Waals surface area contributed by atoms with Crippen molar-refractivity contribution < 1.29 is 26.4 Å². The Labute approximate surface area is 182 Å². The number of carbonyl (C=O) groups excluding carboxylic acids is 1. The van der Waals surface area contributed by atoms with Gasteiger partial charge < -0.3 is 4.90 Å². The van der Waals surface area contributed by atoms with Gasteiger partial charge in [0.1, 0.15) is 4.90 Å². The fourth-order valence-electron chi connectivity index (χ4n) is 3.28. The molecule has 0 unspecified atom stereocenters. The molecule has 2 aromatic rings. The van der Waals surface area contributed by atoms with Crippen LogP contribution in [0.4, 0.5) is 13.2 Å². The molecule has 1 fully saturated rings. The zero-order valence-corrected chi connectivity index (χ0v) is 18.7. The van der Waals surface area contributed by atoms with E-state index in [1.807, 2.05) is 19.9 Å². The van der Waals surface area contributed by atoms with Crippen molar-refractivity contribution in [1.29, 1.82) is 0 Å². The van der Waals surface area contributed by atoms with Crippen LogP contribution in [0.2, 0.25) is 5.02 Å². The molecule has 30 heavy (non-hydrogen) atoms. The van der Waals surface area contributed by atoms with Crippen molar-refractivity contribution in [1.82, 2.24) is 9.21 Å². The maximum atomic E-state index is 13.0. The van der Waals surface area contributed by atoms with E-state index in [4.69, 9.17) is 11.6 Å². The first-order chi connectivity index (χ1) is 13.9. The van der Waals surface area contributed by atoms with Gasteiger partial charge in [0.15, 0.2) is 0 Å². The second-order valence-corrected chi connectivity index (χ2v) is 10.4.